The van der Waals surface area contributed by atoms with Crippen LogP contribution in [0.25, 0.3) is 0 Å². The molecular formula is C11H11FN2O2. The number of carbonyl (C=O) groups excluding carboxylic acids is 1. The number of rotatable bonds is 3. The van der Waals surface area contributed by atoms with Crippen LogP contribution in [0.4, 0.5) is 4.39 Å². The minimum Gasteiger partial charge on any atom is -0.468 e. The third-order valence-corrected chi connectivity index (χ3v) is 2.11. The fourth-order valence-electron chi connectivity index (χ4n) is 1.26. The highest BCUT2D eigenvalue weighted by Gasteiger charge is 2.15. The Balaban J connectivity index is 2.80. The highest BCUT2D eigenvalue weighted by molar-refractivity contribution is 5.75. The largest absolute Gasteiger partial charge is 0.468 e. The average Bonchev–Trinajstić information content (AvgIpc) is 2.28. The first kappa shape index (κ1) is 12.1. The summed E-state index contributed by atoms with van der Waals surface area (Å²) in [5.41, 5.74) is 6.04. The van der Waals surface area contributed by atoms with E-state index in [0.717, 1.165) is 0 Å². The number of hydrogen-bond acceptors (Lipinski definition) is 4. The molecule has 0 amide bonds. The maximum absolute atomic E-state index is 13.2. The third kappa shape index (κ3) is 2.78. The molecule has 0 heterocycles. The van der Waals surface area contributed by atoms with Gasteiger partial charge in [0.1, 0.15) is 17.9 Å². The summed E-state index contributed by atoms with van der Waals surface area (Å²) >= 11 is 0. The molecule has 2 N–H and O–H groups in total. The summed E-state index contributed by atoms with van der Waals surface area (Å²) in [6, 6.07) is 5.00. The van der Waals surface area contributed by atoms with Gasteiger partial charge in [-0.1, -0.05) is 6.07 Å². The molecule has 5 heteroatoms. The smallest absolute Gasteiger partial charge is 0.322 e. The molecule has 0 aliphatic rings. The number of carbonyl (C=O) groups is 1. The van der Waals surface area contributed by atoms with Crippen LogP contribution in [0.1, 0.15) is 11.1 Å². The van der Waals surface area contributed by atoms with Crippen molar-refractivity contribution in [2.45, 2.75) is 12.5 Å². The highest BCUT2D eigenvalue weighted by Crippen LogP contribution is 2.11. The molecule has 0 aromatic heterocycles. The number of halogens is 1. The Hall–Kier alpha value is -1.93. The van der Waals surface area contributed by atoms with Gasteiger partial charge in [-0.25, -0.2) is 4.39 Å². The standard InChI is InChI=1S/C11H11FN2O2/c1-16-11(15)10(14)5-7-2-3-8(6-13)9(12)4-7/h2-4,10H,5,14H2,1H3/t10-/m0/s1. The first-order valence-corrected chi connectivity index (χ1v) is 4.60. The summed E-state index contributed by atoms with van der Waals surface area (Å²) in [7, 11) is 1.24. The van der Waals surface area contributed by atoms with E-state index in [1.54, 1.807) is 12.1 Å². The zero-order chi connectivity index (χ0) is 12.1. The monoisotopic (exact) mass is 222 g/mol. The molecule has 1 atom stereocenters. The zero-order valence-electron chi connectivity index (χ0n) is 8.74. The van der Waals surface area contributed by atoms with Crippen molar-refractivity contribution in [3.8, 4) is 6.07 Å². The van der Waals surface area contributed by atoms with E-state index in [-0.39, 0.29) is 12.0 Å². The second-order valence-corrected chi connectivity index (χ2v) is 3.26. The second-order valence-electron chi connectivity index (χ2n) is 3.26. The van der Waals surface area contributed by atoms with E-state index in [2.05, 4.69) is 4.74 Å². The first-order chi connectivity index (χ1) is 7.58. The van der Waals surface area contributed by atoms with E-state index >= 15 is 0 Å². The first-order valence-electron chi connectivity index (χ1n) is 4.60. The molecule has 84 valence electrons. The maximum Gasteiger partial charge on any atom is 0.322 e. The molecule has 0 fully saturated rings. The summed E-state index contributed by atoms with van der Waals surface area (Å²) in [6.45, 7) is 0. The Kier molecular flexibility index (Phi) is 3.97. The third-order valence-electron chi connectivity index (χ3n) is 2.11. The minimum atomic E-state index is -0.822. The van der Waals surface area contributed by atoms with Crippen LogP contribution in [0.2, 0.25) is 0 Å². The molecule has 0 bridgehead atoms. The number of nitrogens with two attached hydrogens (primary N) is 1. The van der Waals surface area contributed by atoms with E-state index in [1.807, 2.05) is 0 Å². The SMILES string of the molecule is COC(=O)[C@@H](N)Cc1ccc(C#N)c(F)c1. The molecule has 0 saturated carbocycles. The number of esters is 1. The van der Waals surface area contributed by atoms with Crippen molar-refractivity contribution < 1.29 is 13.9 Å². The van der Waals surface area contributed by atoms with E-state index in [0.29, 0.717) is 5.56 Å². The molecular weight excluding hydrogens is 211 g/mol. The Bertz CT molecular complexity index is 440. The summed E-state index contributed by atoms with van der Waals surface area (Å²) in [6.07, 6.45) is 0.176. The lowest BCUT2D eigenvalue weighted by atomic mass is 10.0. The molecule has 4 nitrogen and oxygen atoms in total. The van der Waals surface area contributed by atoms with Crippen LogP contribution in [0, 0.1) is 17.1 Å². The van der Waals surface area contributed by atoms with E-state index in [9.17, 15) is 9.18 Å². The Morgan fingerprint density at radius 3 is 2.88 bits per heavy atom. The van der Waals surface area contributed by atoms with Crippen molar-refractivity contribution in [3.05, 3.63) is 35.1 Å². The molecule has 0 saturated heterocycles. The predicted octanol–water partition coefficient (Wildman–Crippen LogP) is 0.740. The van der Waals surface area contributed by atoms with Crippen molar-refractivity contribution in [2.75, 3.05) is 7.11 Å². The van der Waals surface area contributed by atoms with Crippen molar-refractivity contribution >= 4 is 5.97 Å². The summed E-state index contributed by atoms with van der Waals surface area (Å²) in [5, 5.41) is 8.53. The number of nitriles is 1. The maximum atomic E-state index is 13.2. The van der Waals surface area contributed by atoms with Gasteiger partial charge in [-0.2, -0.15) is 5.26 Å². The van der Waals surface area contributed by atoms with Gasteiger partial charge in [-0.3, -0.25) is 4.79 Å². The zero-order valence-corrected chi connectivity index (χ0v) is 8.74. The van der Waals surface area contributed by atoms with Gasteiger partial charge in [-0.05, 0) is 24.1 Å². The van der Waals surface area contributed by atoms with Crippen LogP contribution in [-0.2, 0) is 16.0 Å². The van der Waals surface area contributed by atoms with E-state index < -0.39 is 17.8 Å². The van der Waals surface area contributed by atoms with Crippen LogP contribution >= 0.6 is 0 Å². The molecule has 0 aliphatic carbocycles. The molecule has 0 spiro atoms. The van der Waals surface area contributed by atoms with Crippen LogP contribution in [0.3, 0.4) is 0 Å². The number of ether oxygens (including phenoxy) is 1. The minimum absolute atomic E-state index is 0.0320. The van der Waals surface area contributed by atoms with Crippen LogP contribution in [0.15, 0.2) is 18.2 Å². The fraction of sp³-hybridized carbons (Fsp3) is 0.273. The van der Waals surface area contributed by atoms with Crippen LogP contribution in [-0.4, -0.2) is 19.1 Å². The number of benzene rings is 1. The van der Waals surface area contributed by atoms with Crippen molar-refractivity contribution in [3.63, 3.8) is 0 Å². The van der Waals surface area contributed by atoms with Gasteiger partial charge < -0.3 is 10.5 Å². The number of nitrogens with zero attached hydrogens (tertiary/aromatic N) is 1. The lowest BCUT2D eigenvalue weighted by molar-refractivity contribution is -0.142. The predicted molar refractivity (Wildman–Crippen MR) is 54.8 cm³/mol. The van der Waals surface area contributed by atoms with Crippen molar-refractivity contribution in [1.29, 1.82) is 5.26 Å². The molecule has 1 rings (SSSR count). The molecule has 0 unspecified atom stereocenters. The van der Waals surface area contributed by atoms with Gasteiger partial charge >= 0.3 is 5.97 Å². The fourth-order valence-corrected chi connectivity index (χ4v) is 1.26. The summed E-state index contributed by atoms with van der Waals surface area (Å²) in [4.78, 5) is 11.0. The van der Waals surface area contributed by atoms with Gasteiger partial charge in [0.25, 0.3) is 0 Å². The highest BCUT2D eigenvalue weighted by atomic mass is 19.1. The van der Waals surface area contributed by atoms with Gasteiger partial charge in [0.2, 0.25) is 0 Å². The van der Waals surface area contributed by atoms with Gasteiger partial charge in [-0.15, -0.1) is 0 Å². The van der Waals surface area contributed by atoms with Crippen LogP contribution < -0.4 is 5.73 Å². The Morgan fingerprint density at radius 1 is 1.69 bits per heavy atom. The van der Waals surface area contributed by atoms with Crippen molar-refractivity contribution in [2.24, 2.45) is 5.73 Å². The number of methoxy groups -OCH3 is 1. The quantitative estimate of drug-likeness (QED) is 0.765. The van der Waals surface area contributed by atoms with Gasteiger partial charge in [0, 0.05) is 0 Å². The van der Waals surface area contributed by atoms with Gasteiger partial charge in [0.15, 0.2) is 0 Å². The molecule has 1 aromatic carbocycles. The van der Waals surface area contributed by atoms with E-state index in [4.69, 9.17) is 11.0 Å². The molecule has 1 aromatic rings. The van der Waals surface area contributed by atoms with E-state index in [1.165, 1.54) is 19.2 Å². The summed E-state index contributed by atoms with van der Waals surface area (Å²) < 4.78 is 17.7. The number of hydrogen-bond donors (Lipinski definition) is 1. The molecule has 16 heavy (non-hydrogen) atoms. The Labute approximate surface area is 92.4 Å². The second kappa shape index (κ2) is 5.24. The normalized spacial score (nSPS) is 11.6. The summed E-state index contributed by atoms with van der Waals surface area (Å²) in [5.74, 6) is -1.16. The molecule has 0 aliphatic heterocycles. The van der Waals surface area contributed by atoms with Crippen molar-refractivity contribution in [1.82, 2.24) is 0 Å². The Morgan fingerprint density at radius 2 is 2.38 bits per heavy atom. The topological polar surface area (TPSA) is 76.1 Å². The van der Waals surface area contributed by atoms with Gasteiger partial charge in [0.05, 0.1) is 12.7 Å². The lowest BCUT2D eigenvalue weighted by Gasteiger charge is -2.09. The average molecular weight is 222 g/mol. The van der Waals surface area contributed by atoms with Crippen LogP contribution in [0.5, 0.6) is 0 Å². The lowest BCUT2D eigenvalue weighted by Crippen LogP contribution is -2.33. The molecule has 0 radical (unpaired) electrons.